The van der Waals surface area contributed by atoms with E-state index < -0.39 is 11.2 Å². The molecule has 5 rings (SSSR count). The molecule has 0 aromatic carbocycles. The number of aryl methyl sites for hydroxylation is 1. The molecule has 2 saturated heterocycles. The summed E-state index contributed by atoms with van der Waals surface area (Å²) < 4.78 is 24.4. The molecule has 1 N–H and O–H groups in total. The van der Waals surface area contributed by atoms with Gasteiger partial charge in [0.2, 0.25) is 5.91 Å². The first-order valence-electron chi connectivity index (χ1n) is 11.4. The maximum absolute atomic E-state index is 11.7. The van der Waals surface area contributed by atoms with E-state index in [2.05, 4.69) is 22.1 Å². The number of nitrogens with zero attached hydrogens (tertiary/aromatic N) is 3. The molecule has 1 amide bonds. The molecule has 0 bridgehead atoms. The summed E-state index contributed by atoms with van der Waals surface area (Å²) in [5.74, 6) is 7.46. The van der Waals surface area contributed by atoms with Crippen molar-refractivity contribution in [1.29, 1.82) is 0 Å². The van der Waals surface area contributed by atoms with Crippen LogP contribution in [0.4, 0.5) is 5.82 Å². The van der Waals surface area contributed by atoms with Gasteiger partial charge in [-0.05, 0) is 24.6 Å². The van der Waals surface area contributed by atoms with Crippen molar-refractivity contribution < 1.29 is 23.7 Å². The van der Waals surface area contributed by atoms with Gasteiger partial charge in [-0.1, -0.05) is 11.8 Å². The first kappa shape index (κ1) is 23.5. The first-order chi connectivity index (χ1) is 16.9. The molecular formula is C26H28N4O5. The summed E-state index contributed by atoms with van der Waals surface area (Å²) in [6.45, 7) is 5.44. The van der Waals surface area contributed by atoms with Crippen molar-refractivity contribution in [1.82, 2.24) is 14.5 Å². The molecule has 182 valence electrons. The van der Waals surface area contributed by atoms with E-state index >= 15 is 0 Å². The maximum atomic E-state index is 11.7. The minimum atomic E-state index is -0.597. The Balaban J connectivity index is 1.67. The maximum Gasteiger partial charge on any atom is 0.222 e. The average Bonchev–Trinajstić information content (AvgIpc) is 3.44. The summed E-state index contributed by atoms with van der Waals surface area (Å²) in [6.07, 6.45) is 4.40. The first-order valence-corrected chi connectivity index (χ1v) is 11.4. The zero-order valence-electron chi connectivity index (χ0n) is 20.3. The second kappa shape index (κ2) is 9.06. The van der Waals surface area contributed by atoms with Crippen LogP contribution in [0.1, 0.15) is 30.2 Å². The number of nitrogens with one attached hydrogen (secondary N) is 1. The highest BCUT2D eigenvalue weighted by molar-refractivity contribution is 5.93. The van der Waals surface area contributed by atoms with E-state index in [1.165, 1.54) is 6.92 Å². The van der Waals surface area contributed by atoms with Gasteiger partial charge in [0.05, 0.1) is 36.6 Å². The van der Waals surface area contributed by atoms with Crippen molar-refractivity contribution in [3.63, 3.8) is 0 Å². The van der Waals surface area contributed by atoms with Crippen LogP contribution >= 0.6 is 0 Å². The van der Waals surface area contributed by atoms with E-state index in [9.17, 15) is 4.79 Å². The quantitative estimate of drug-likeness (QED) is 0.566. The van der Waals surface area contributed by atoms with E-state index in [1.807, 2.05) is 35.9 Å². The standard InChI is InChI=1S/C26H28N4O5/c1-17-9-22(26(33-4)7-8-34-16-26)29-24(10-17)30-13-19(5-6-25(32-3)14-35-15-25)20-12-27-23(11-21(20)30)28-18(2)31/h9-13H,7-8,14-16H2,1-4H3,(H,27,28,31)/t26-/m0/s1. The second-order valence-electron chi connectivity index (χ2n) is 9.01. The number of hydrogen-bond donors (Lipinski definition) is 1. The molecule has 3 aromatic heterocycles. The number of hydrogen-bond acceptors (Lipinski definition) is 7. The molecule has 35 heavy (non-hydrogen) atoms. The minimum Gasteiger partial charge on any atom is -0.378 e. The Labute approximate surface area is 203 Å². The van der Waals surface area contributed by atoms with Crippen molar-refractivity contribution in [2.24, 2.45) is 0 Å². The predicted molar refractivity (Wildman–Crippen MR) is 129 cm³/mol. The van der Waals surface area contributed by atoms with Gasteiger partial charge in [-0.15, -0.1) is 0 Å². The van der Waals surface area contributed by atoms with Gasteiger partial charge >= 0.3 is 0 Å². The van der Waals surface area contributed by atoms with Crippen LogP contribution in [0.2, 0.25) is 0 Å². The van der Waals surface area contributed by atoms with Crippen LogP contribution in [0, 0.1) is 18.8 Å². The molecule has 0 saturated carbocycles. The molecule has 0 spiro atoms. The van der Waals surface area contributed by atoms with Gasteiger partial charge in [-0.3, -0.25) is 9.36 Å². The lowest BCUT2D eigenvalue weighted by Gasteiger charge is -2.35. The Bertz CT molecular complexity index is 1340. The van der Waals surface area contributed by atoms with Gasteiger partial charge in [0, 0.05) is 58.0 Å². The minimum absolute atomic E-state index is 0.193. The van der Waals surface area contributed by atoms with Crippen molar-refractivity contribution in [2.75, 3.05) is 46.0 Å². The Morgan fingerprint density at radius 3 is 2.63 bits per heavy atom. The summed E-state index contributed by atoms with van der Waals surface area (Å²) in [6, 6.07) is 5.88. The highest BCUT2D eigenvalue weighted by atomic mass is 16.6. The van der Waals surface area contributed by atoms with Gasteiger partial charge in [0.15, 0.2) is 5.60 Å². The number of rotatable bonds is 5. The van der Waals surface area contributed by atoms with E-state index in [1.54, 1.807) is 20.4 Å². The Kier molecular flexibility index (Phi) is 6.07. The normalized spacial score (nSPS) is 20.8. The number of amides is 1. The van der Waals surface area contributed by atoms with Gasteiger partial charge < -0.3 is 24.3 Å². The highest BCUT2D eigenvalue weighted by Gasteiger charge is 2.39. The smallest absolute Gasteiger partial charge is 0.222 e. The van der Waals surface area contributed by atoms with Gasteiger partial charge in [0.1, 0.15) is 17.2 Å². The third-order valence-electron chi connectivity index (χ3n) is 6.53. The monoisotopic (exact) mass is 476 g/mol. The molecule has 3 aromatic rings. The molecule has 2 aliphatic rings. The number of methoxy groups -OCH3 is 2. The van der Waals surface area contributed by atoms with E-state index in [0.29, 0.717) is 32.2 Å². The highest BCUT2D eigenvalue weighted by Crippen LogP contribution is 2.34. The van der Waals surface area contributed by atoms with Crippen LogP contribution in [0.25, 0.3) is 16.7 Å². The Hall–Kier alpha value is -3.29. The Morgan fingerprint density at radius 2 is 2.00 bits per heavy atom. The molecule has 2 aliphatic heterocycles. The SMILES string of the molecule is COC1(C#Cc2cn(-c3cc(C)cc([C@]4(OC)CCOC4)n3)c3cc(NC(C)=O)ncc23)COC1. The van der Waals surface area contributed by atoms with Gasteiger partial charge in [-0.25, -0.2) is 9.97 Å². The van der Waals surface area contributed by atoms with Crippen LogP contribution in [0.15, 0.2) is 30.6 Å². The zero-order chi connectivity index (χ0) is 24.6. The molecule has 0 aliphatic carbocycles. The number of carbonyl (C=O) groups is 1. The van der Waals surface area contributed by atoms with Gasteiger partial charge in [0.25, 0.3) is 0 Å². The van der Waals surface area contributed by atoms with E-state index in [-0.39, 0.29) is 5.91 Å². The van der Waals surface area contributed by atoms with Gasteiger partial charge in [-0.2, -0.15) is 0 Å². The van der Waals surface area contributed by atoms with Crippen molar-refractivity contribution >= 4 is 22.6 Å². The van der Waals surface area contributed by atoms with Crippen LogP contribution in [-0.4, -0.2) is 66.7 Å². The number of fused-ring (bicyclic) bond motifs is 1. The number of carbonyl (C=O) groups excluding carboxylic acids is 1. The summed E-state index contributed by atoms with van der Waals surface area (Å²) in [4.78, 5) is 21.1. The number of anilines is 1. The summed E-state index contributed by atoms with van der Waals surface area (Å²) in [7, 11) is 3.33. The van der Waals surface area contributed by atoms with E-state index in [0.717, 1.165) is 40.0 Å². The fraction of sp³-hybridized carbons (Fsp3) is 0.423. The third kappa shape index (κ3) is 4.30. The lowest BCUT2D eigenvalue weighted by Crippen LogP contribution is -2.50. The topological polar surface area (TPSA) is 96.7 Å². The van der Waals surface area contributed by atoms with E-state index in [4.69, 9.17) is 23.9 Å². The molecular weight excluding hydrogens is 448 g/mol. The van der Waals surface area contributed by atoms with Crippen LogP contribution in [0.3, 0.4) is 0 Å². The average molecular weight is 477 g/mol. The van der Waals surface area contributed by atoms with Crippen molar-refractivity contribution in [3.05, 3.63) is 47.4 Å². The number of ether oxygens (including phenoxy) is 4. The summed E-state index contributed by atoms with van der Waals surface area (Å²) in [5, 5.41) is 3.60. The molecule has 1 atom stereocenters. The molecule has 2 fully saturated rings. The molecule has 5 heterocycles. The largest absolute Gasteiger partial charge is 0.378 e. The summed E-state index contributed by atoms with van der Waals surface area (Å²) >= 11 is 0. The van der Waals surface area contributed by atoms with Crippen LogP contribution in [0.5, 0.6) is 0 Å². The lowest BCUT2D eigenvalue weighted by molar-refractivity contribution is -0.159. The van der Waals surface area contributed by atoms with Crippen LogP contribution < -0.4 is 5.32 Å². The fourth-order valence-corrected chi connectivity index (χ4v) is 4.39. The predicted octanol–water partition coefficient (Wildman–Crippen LogP) is 2.72. The zero-order valence-corrected chi connectivity index (χ0v) is 20.3. The number of aromatic nitrogens is 3. The second-order valence-corrected chi connectivity index (χ2v) is 9.01. The number of pyridine rings is 2. The molecule has 9 nitrogen and oxygen atoms in total. The van der Waals surface area contributed by atoms with Crippen molar-refractivity contribution in [3.8, 4) is 17.7 Å². The third-order valence-corrected chi connectivity index (χ3v) is 6.53. The Morgan fingerprint density at radius 1 is 1.17 bits per heavy atom. The molecule has 0 unspecified atom stereocenters. The van der Waals surface area contributed by atoms with Crippen molar-refractivity contribution in [2.45, 2.75) is 31.5 Å². The fourth-order valence-electron chi connectivity index (χ4n) is 4.39. The van der Waals surface area contributed by atoms with Crippen LogP contribution in [-0.2, 0) is 29.3 Å². The summed E-state index contributed by atoms with van der Waals surface area (Å²) in [5.41, 5.74) is 2.29. The molecule has 0 radical (unpaired) electrons. The lowest BCUT2D eigenvalue weighted by atomic mass is 9.97. The molecule has 9 heteroatoms.